The van der Waals surface area contributed by atoms with Gasteiger partial charge in [0.15, 0.2) is 0 Å². The Balaban J connectivity index is 1.92. The number of anilines is 1. The van der Waals surface area contributed by atoms with Gasteiger partial charge in [0.2, 0.25) is 10.0 Å². The summed E-state index contributed by atoms with van der Waals surface area (Å²) in [6.45, 7) is 6.33. The molecule has 1 aromatic rings. The Morgan fingerprint density at radius 3 is 2.70 bits per heavy atom. The highest BCUT2D eigenvalue weighted by molar-refractivity contribution is 7.88. The number of nitrogens with zero attached hydrogens (tertiary/aromatic N) is 1. The number of hydrogen-bond donors (Lipinski definition) is 1. The van der Waals surface area contributed by atoms with Gasteiger partial charge in [0.1, 0.15) is 0 Å². The molecule has 0 amide bonds. The normalized spacial score (nSPS) is 20.9. The zero-order chi connectivity index (χ0) is 14.8. The number of sulfonamides is 1. The molecule has 4 nitrogen and oxygen atoms in total. The molecule has 0 aliphatic carbocycles. The standard InChI is InChI=1S/C15H24N2O2S/c1-12-6-7-15(9-13(12)2)16-10-14-5-4-8-17(11-14)20(3,18)19/h6-7,9,14,16H,4-5,8,10-11H2,1-3H3. The Hall–Kier alpha value is -1.07. The summed E-state index contributed by atoms with van der Waals surface area (Å²) in [5, 5.41) is 3.43. The molecule has 2 rings (SSSR count). The Morgan fingerprint density at radius 1 is 1.30 bits per heavy atom. The van der Waals surface area contributed by atoms with Gasteiger partial charge in [0, 0.05) is 25.3 Å². The van der Waals surface area contributed by atoms with E-state index in [4.69, 9.17) is 0 Å². The van der Waals surface area contributed by atoms with Crippen molar-refractivity contribution >= 4 is 15.7 Å². The van der Waals surface area contributed by atoms with E-state index < -0.39 is 10.0 Å². The van der Waals surface area contributed by atoms with Gasteiger partial charge in [-0.05, 0) is 55.9 Å². The third kappa shape index (κ3) is 3.96. The maximum atomic E-state index is 11.6. The van der Waals surface area contributed by atoms with Gasteiger partial charge >= 0.3 is 0 Å². The van der Waals surface area contributed by atoms with Crippen LogP contribution < -0.4 is 5.32 Å². The van der Waals surface area contributed by atoms with Gasteiger partial charge in [-0.1, -0.05) is 6.07 Å². The van der Waals surface area contributed by atoms with Crippen molar-refractivity contribution in [2.45, 2.75) is 26.7 Å². The van der Waals surface area contributed by atoms with E-state index in [-0.39, 0.29) is 0 Å². The molecule has 1 saturated heterocycles. The lowest BCUT2D eigenvalue weighted by atomic mass is 9.99. The summed E-state index contributed by atoms with van der Waals surface area (Å²) in [5.41, 5.74) is 3.68. The SMILES string of the molecule is Cc1ccc(NCC2CCCN(S(C)(=O)=O)C2)cc1C. The topological polar surface area (TPSA) is 49.4 Å². The van der Waals surface area contributed by atoms with Crippen LogP contribution >= 0.6 is 0 Å². The second-order valence-electron chi connectivity index (χ2n) is 5.81. The molecule has 0 saturated carbocycles. The van der Waals surface area contributed by atoms with Gasteiger partial charge in [0.05, 0.1) is 6.26 Å². The van der Waals surface area contributed by atoms with Crippen LogP contribution in [0.2, 0.25) is 0 Å². The summed E-state index contributed by atoms with van der Waals surface area (Å²) < 4.78 is 24.8. The first kappa shape index (κ1) is 15.3. The number of aryl methyl sites for hydroxylation is 2. The lowest BCUT2D eigenvalue weighted by Gasteiger charge is -2.31. The lowest BCUT2D eigenvalue weighted by Crippen LogP contribution is -2.41. The lowest BCUT2D eigenvalue weighted by molar-refractivity contribution is 0.277. The quantitative estimate of drug-likeness (QED) is 0.928. The highest BCUT2D eigenvalue weighted by atomic mass is 32.2. The first-order valence-electron chi connectivity index (χ1n) is 7.12. The Labute approximate surface area is 122 Å². The summed E-state index contributed by atoms with van der Waals surface area (Å²) in [7, 11) is -3.05. The number of nitrogens with one attached hydrogen (secondary N) is 1. The van der Waals surface area contributed by atoms with E-state index in [1.807, 2.05) is 0 Å². The molecule has 5 heteroatoms. The van der Waals surface area contributed by atoms with E-state index >= 15 is 0 Å². The molecule has 0 spiro atoms. The van der Waals surface area contributed by atoms with Crippen molar-refractivity contribution in [3.63, 3.8) is 0 Å². The van der Waals surface area contributed by atoms with E-state index in [0.717, 1.165) is 25.1 Å². The fourth-order valence-corrected chi connectivity index (χ4v) is 3.55. The summed E-state index contributed by atoms with van der Waals surface area (Å²) in [5.74, 6) is 0.389. The van der Waals surface area contributed by atoms with Crippen LogP contribution in [0, 0.1) is 19.8 Å². The van der Waals surface area contributed by atoms with Crippen molar-refractivity contribution in [2.75, 3.05) is 31.2 Å². The Bertz CT molecular complexity index is 569. The molecule has 1 aromatic carbocycles. The van der Waals surface area contributed by atoms with Crippen LogP contribution in [0.3, 0.4) is 0 Å². The molecule has 1 fully saturated rings. The van der Waals surface area contributed by atoms with Crippen LogP contribution in [0.5, 0.6) is 0 Å². The molecule has 20 heavy (non-hydrogen) atoms. The molecular formula is C15H24N2O2S. The number of hydrogen-bond acceptors (Lipinski definition) is 3. The molecule has 112 valence electrons. The third-order valence-electron chi connectivity index (χ3n) is 4.05. The molecule has 1 aliphatic rings. The van der Waals surface area contributed by atoms with Crippen LogP contribution in [0.1, 0.15) is 24.0 Å². The Kier molecular flexibility index (Phi) is 4.70. The van der Waals surface area contributed by atoms with Gasteiger partial charge in [-0.25, -0.2) is 12.7 Å². The van der Waals surface area contributed by atoms with Crippen molar-refractivity contribution in [2.24, 2.45) is 5.92 Å². The third-order valence-corrected chi connectivity index (χ3v) is 5.32. The molecule has 0 radical (unpaired) electrons. The zero-order valence-electron chi connectivity index (χ0n) is 12.5. The average Bonchev–Trinajstić information content (AvgIpc) is 2.39. The molecule has 1 unspecified atom stereocenters. The summed E-state index contributed by atoms with van der Waals surface area (Å²) in [6.07, 6.45) is 3.34. The maximum absolute atomic E-state index is 11.6. The van der Waals surface area contributed by atoms with Gasteiger partial charge in [-0.3, -0.25) is 0 Å². The van der Waals surface area contributed by atoms with Crippen LogP contribution in [-0.2, 0) is 10.0 Å². The minimum Gasteiger partial charge on any atom is -0.385 e. The van der Waals surface area contributed by atoms with Crippen LogP contribution in [0.4, 0.5) is 5.69 Å². The van der Waals surface area contributed by atoms with Crippen LogP contribution in [0.25, 0.3) is 0 Å². The number of piperidine rings is 1. The first-order chi connectivity index (χ1) is 9.36. The molecule has 0 bridgehead atoms. The largest absolute Gasteiger partial charge is 0.385 e. The number of benzene rings is 1. The fourth-order valence-electron chi connectivity index (χ4n) is 2.61. The second kappa shape index (κ2) is 6.14. The minimum atomic E-state index is -3.05. The number of rotatable bonds is 4. The van der Waals surface area contributed by atoms with Gasteiger partial charge in [0.25, 0.3) is 0 Å². The first-order valence-corrected chi connectivity index (χ1v) is 8.97. The highest BCUT2D eigenvalue weighted by Gasteiger charge is 2.25. The zero-order valence-corrected chi connectivity index (χ0v) is 13.3. The van der Waals surface area contributed by atoms with Crippen LogP contribution in [0.15, 0.2) is 18.2 Å². The van der Waals surface area contributed by atoms with Crippen molar-refractivity contribution in [3.05, 3.63) is 29.3 Å². The summed E-state index contributed by atoms with van der Waals surface area (Å²) in [4.78, 5) is 0. The predicted molar refractivity (Wildman–Crippen MR) is 83.5 cm³/mol. The fraction of sp³-hybridized carbons (Fsp3) is 0.600. The molecule has 1 heterocycles. The summed E-state index contributed by atoms with van der Waals surface area (Å²) >= 11 is 0. The molecule has 1 aliphatic heterocycles. The van der Waals surface area contributed by atoms with Crippen molar-refractivity contribution in [3.8, 4) is 0 Å². The van der Waals surface area contributed by atoms with Crippen molar-refractivity contribution < 1.29 is 8.42 Å². The average molecular weight is 296 g/mol. The van der Waals surface area contributed by atoms with Crippen molar-refractivity contribution in [1.29, 1.82) is 0 Å². The second-order valence-corrected chi connectivity index (χ2v) is 7.79. The monoisotopic (exact) mass is 296 g/mol. The van der Waals surface area contributed by atoms with E-state index in [9.17, 15) is 8.42 Å². The minimum absolute atomic E-state index is 0.389. The van der Waals surface area contributed by atoms with E-state index in [2.05, 4.69) is 37.4 Å². The summed E-state index contributed by atoms with van der Waals surface area (Å²) in [6, 6.07) is 6.34. The molecule has 1 atom stereocenters. The van der Waals surface area contributed by atoms with Gasteiger partial charge < -0.3 is 5.32 Å². The molecule has 0 aromatic heterocycles. The van der Waals surface area contributed by atoms with E-state index in [0.29, 0.717) is 19.0 Å². The van der Waals surface area contributed by atoms with E-state index in [1.165, 1.54) is 17.4 Å². The van der Waals surface area contributed by atoms with E-state index in [1.54, 1.807) is 4.31 Å². The molecule has 1 N–H and O–H groups in total. The van der Waals surface area contributed by atoms with Crippen LogP contribution in [-0.4, -0.2) is 38.6 Å². The smallest absolute Gasteiger partial charge is 0.211 e. The van der Waals surface area contributed by atoms with Gasteiger partial charge in [-0.2, -0.15) is 0 Å². The highest BCUT2D eigenvalue weighted by Crippen LogP contribution is 2.20. The van der Waals surface area contributed by atoms with Gasteiger partial charge in [-0.15, -0.1) is 0 Å². The maximum Gasteiger partial charge on any atom is 0.211 e. The Morgan fingerprint density at radius 2 is 2.05 bits per heavy atom. The van der Waals surface area contributed by atoms with Crippen molar-refractivity contribution in [1.82, 2.24) is 4.31 Å². The molecular weight excluding hydrogens is 272 g/mol. The predicted octanol–water partition coefficient (Wildman–Crippen LogP) is 2.39.